The lowest BCUT2D eigenvalue weighted by atomic mass is 9.97. The molecule has 4 heterocycles. The number of rotatable bonds is 24. The second kappa shape index (κ2) is 21.1. The first kappa shape index (κ1) is 40.3. The van der Waals surface area contributed by atoms with Crippen molar-refractivity contribution in [2.24, 2.45) is 11.8 Å². The van der Waals surface area contributed by atoms with Gasteiger partial charge in [0, 0.05) is 52.6 Å². The van der Waals surface area contributed by atoms with Crippen LogP contribution < -0.4 is 0 Å². The van der Waals surface area contributed by atoms with Crippen LogP contribution in [-0.2, 0) is 0 Å². The molecule has 0 saturated heterocycles. The molecule has 0 fully saturated rings. The average Bonchev–Trinajstić information content (AvgIpc) is 3.93. The van der Waals surface area contributed by atoms with Gasteiger partial charge in [-0.25, -0.2) is 8.78 Å². The Bertz CT molecular complexity index is 1550. The summed E-state index contributed by atoms with van der Waals surface area (Å²) in [5, 5.41) is 6.61. The largest absolute Gasteiger partial charge is 0.205 e. The van der Waals surface area contributed by atoms with Gasteiger partial charge in [-0.05, 0) is 72.5 Å². The predicted molar refractivity (Wildman–Crippen MR) is 229 cm³/mol. The first-order chi connectivity index (χ1) is 24.5. The molecule has 50 heavy (non-hydrogen) atoms. The number of thioether (sulfide) groups is 2. The number of fused-ring (bicyclic) bond motifs is 2. The van der Waals surface area contributed by atoms with Gasteiger partial charge >= 0.3 is 0 Å². The lowest BCUT2D eigenvalue weighted by Crippen LogP contribution is -2.04. The highest BCUT2D eigenvalue weighted by molar-refractivity contribution is 8.01. The van der Waals surface area contributed by atoms with Gasteiger partial charge < -0.3 is 0 Å². The van der Waals surface area contributed by atoms with Crippen LogP contribution in [0.2, 0.25) is 0 Å². The van der Waals surface area contributed by atoms with Gasteiger partial charge in [-0.2, -0.15) is 0 Å². The van der Waals surface area contributed by atoms with Crippen molar-refractivity contribution in [2.75, 3.05) is 11.5 Å². The molecule has 0 aliphatic rings. The summed E-state index contributed by atoms with van der Waals surface area (Å²) in [7, 11) is 0. The van der Waals surface area contributed by atoms with E-state index in [0.29, 0.717) is 11.8 Å². The highest BCUT2D eigenvalue weighted by atomic mass is 32.2. The summed E-state index contributed by atoms with van der Waals surface area (Å²) in [4.78, 5) is 2.01. The molecule has 0 radical (unpaired) electrons. The molecule has 0 aliphatic heterocycles. The van der Waals surface area contributed by atoms with Gasteiger partial charge in [-0.3, -0.25) is 0 Å². The maximum absolute atomic E-state index is 15.6. The summed E-state index contributed by atoms with van der Waals surface area (Å²) in [6.45, 7) is 9.06. The Balaban J connectivity index is 1.38. The fraction of sp³-hybridized carbons (Fsp3) is 0.571. The second-order valence-corrected chi connectivity index (χ2v) is 20.4. The van der Waals surface area contributed by atoms with Gasteiger partial charge in [-0.1, -0.05) is 105 Å². The molecule has 0 spiro atoms. The maximum atomic E-state index is 15.6. The van der Waals surface area contributed by atoms with Crippen molar-refractivity contribution >= 4 is 89.0 Å². The number of thiophene rings is 4. The Hall–Kier alpha value is -0.900. The third-order valence-corrected chi connectivity index (χ3v) is 17.0. The number of halogens is 2. The molecule has 0 aliphatic carbocycles. The summed E-state index contributed by atoms with van der Waals surface area (Å²) in [6.07, 6.45) is 20.2. The van der Waals surface area contributed by atoms with E-state index in [1.807, 2.05) is 0 Å². The topological polar surface area (TPSA) is 0 Å². The van der Waals surface area contributed by atoms with Crippen molar-refractivity contribution in [1.29, 1.82) is 0 Å². The van der Waals surface area contributed by atoms with E-state index in [9.17, 15) is 0 Å². The van der Waals surface area contributed by atoms with E-state index in [1.165, 1.54) is 112 Å². The fourth-order valence-corrected chi connectivity index (χ4v) is 14.0. The van der Waals surface area contributed by atoms with E-state index in [0.717, 1.165) is 51.6 Å². The predicted octanol–water partition coefficient (Wildman–Crippen LogP) is 17.6. The maximum Gasteiger partial charge on any atom is 0.148 e. The number of benzene rings is 1. The van der Waals surface area contributed by atoms with Gasteiger partial charge in [0.1, 0.15) is 11.6 Å². The van der Waals surface area contributed by atoms with E-state index >= 15 is 8.78 Å². The van der Waals surface area contributed by atoms with Crippen LogP contribution in [0.3, 0.4) is 0 Å². The molecule has 2 unspecified atom stereocenters. The Labute approximate surface area is 325 Å². The van der Waals surface area contributed by atoms with Crippen molar-refractivity contribution in [2.45, 2.75) is 139 Å². The van der Waals surface area contributed by atoms with Gasteiger partial charge in [0.25, 0.3) is 0 Å². The molecular formula is C42H56F2S6. The number of unbranched alkanes of at least 4 members (excludes halogenated alkanes) is 8. The van der Waals surface area contributed by atoms with E-state index < -0.39 is 0 Å². The summed E-state index contributed by atoms with van der Waals surface area (Å²) in [6, 6.07) is 7.93. The van der Waals surface area contributed by atoms with E-state index in [1.54, 1.807) is 81.0 Å². The molecule has 5 rings (SSSR count). The number of hydrogen-bond donors (Lipinski definition) is 0. The minimum atomic E-state index is -0.0861. The molecule has 0 N–H and O–H groups in total. The zero-order valence-electron chi connectivity index (χ0n) is 30.6. The molecule has 0 amide bonds. The normalized spacial score (nSPS) is 13.2. The molecule has 0 saturated carbocycles. The first-order valence-electron chi connectivity index (χ1n) is 19.2. The van der Waals surface area contributed by atoms with E-state index in [4.69, 9.17) is 0 Å². The van der Waals surface area contributed by atoms with E-state index in [2.05, 4.69) is 50.6 Å². The van der Waals surface area contributed by atoms with Crippen LogP contribution in [0.1, 0.15) is 130 Å². The molecule has 2 atom stereocenters. The summed E-state index contributed by atoms with van der Waals surface area (Å²) < 4.78 is 35.3. The van der Waals surface area contributed by atoms with Crippen molar-refractivity contribution in [3.05, 3.63) is 46.7 Å². The van der Waals surface area contributed by atoms with Crippen molar-refractivity contribution in [3.8, 4) is 20.9 Å². The molecule has 5 aromatic rings. The fourth-order valence-electron chi connectivity index (χ4n) is 7.00. The second-order valence-electron chi connectivity index (χ2n) is 13.9. The third kappa shape index (κ3) is 10.6. The van der Waals surface area contributed by atoms with Gasteiger partial charge in [0.05, 0.1) is 8.42 Å². The Morgan fingerprint density at radius 3 is 1.34 bits per heavy atom. The summed E-state index contributed by atoms with van der Waals surface area (Å²) in [5.74, 6) is 3.11. The van der Waals surface area contributed by atoms with Crippen molar-refractivity contribution in [3.63, 3.8) is 0 Å². The zero-order chi connectivity index (χ0) is 35.3. The molecule has 1 aromatic carbocycles. The first-order valence-corrected chi connectivity index (χ1v) is 24.6. The smallest absolute Gasteiger partial charge is 0.148 e. The van der Waals surface area contributed by atoms with Crippen LogP contribution in [-0.4, -0.2) is 11.5 Å². The van der Waals surface area contributed by atoms with E-state index in [-0.39, 0.29) is 11.6 Å². The lowest BCUT2D eigenvalue weighted by molar-refractivity contribution is 0.451. The zero-order valence-corrected chi connectivity index (χ0v) is 35.5. The summed E-state index contributed by atoms with van der Waals surface area (Å²) in [5.41, 5.74) is 2.28. The minimum Gasteiger partial charge on any atom is -0.205 e. The Kier molecular flexibility index (Phi) is 17.0. The highest BCUT2D eigenvalue weighted by Crippen LogP contribution is 2.52. The minimum absolute atomic E-state index is 0.0861. The molecule has 274 valence electrons. The molecular weight excluding hydrogens is 735 g/mol. The Morgan fingerprint density at radius 1 is 0.540 bits per heavy atom. The standard InChI is InChI=1S/C42H56F2S6/c1-5-9-13-15-19-29(17-11-7-3)27-47-41-33(43)25-35(49-41)37-31-21-23-46-40(31)38(32-22-24-45-39(32)37)36-26-34(44)42(50-36)48-28-30(18-12-8-4)20-16-14-10-6-2/h21-26,29-30H,5-20,27-28H2,1-4H3. The average molecular weight is 791 g/mol. The highest BCUT2D eigenvalue weighted by Gasteiger charge is 2.24. The monoisotopic (exact) mass is 790 g/mol. The molecule has 0 nitrogen and oxygen atoms in total. The van der Waals surface area contributed by atoms with Crippen molar-refractivity contribution in [1.82, 2.24) is 0 Å². The lowest BCUT2D eigenvalue weighted by Gasteiger charge is -2.16. The molecule has 0 bridgehead atoms. The van der Waals surface area contributed by atoms with Gasteiger partial charge in [-0.15, -0.1) is 68.9 Å². The van der Waals surface area contributed by atoms with Crippen LogP contribution in [0.5, 0.6) is 0 Å². The van der Waals surface area contributed by atoms with Crippen LogP contribution in [0.15, 0.2) is 43.4 Å². The third-order valence-electron chi connectivity index (χ3n) is 9.89. The van der Waals surface area contributed by atoms with Crippen LogP contribution >= 0.6 is 68.9 Å². The quantitative estimate of drug-likeness (QED) is 0.0451. The molecule has 4 aromatic heterocycles. The van der Waals surface area contributed by atoms with Crippen LogP contribution in [0, 0.1) is 23.5 Å². The molecule has 8 heteroatoms. The number of hydrogen-bond acceptors (Lipinski definition) is 6. The Morgan fingerprint density at radius 2 is 0.940 bits per heavy atom. The van der Waals surface area contributed by atoms with Gasteiger partial charge in [0.15, 0.2) is 0 Å². The SMILES string of the molecule is CCCCCCC(CCCC)CSc1sc(-c2c3ccsc3c(-c3cc(F)c(SCC(CCCC)CCCCCC)s3)c3ccsc23)cc1F. The van der Waals surface area contributed by atoms with Crippen LogP contribution in [0.4, 0.5) is 8.78 Å². The van der Waals surface area contributed by atoms with Crippen LogP contribution in [0.25, 0.3) is 41.1 Å². The van der Waals surface area contributed by atoms with Gasteiger partial charge in [0.2, 0.25) is 0 Å². The summed E-state index contributed by atoms with van der Waals surface area (Å²) >= 11 is 10.1. The van der Waals surface area contributed by atoms with Crippen molar-refractivity contribution < 1.29 is 8.78 Å².